The van der Waals surface area contributed by atoms with Crippen LogP contribution in [0.5, 0.6) is 5.75 Å². The third-order valence-electron chi connectivity index (χ3n) is 3.78. The third kappa shape index (κ3) is 4.45. The Morgan fingerprint density at radius 3 is 2.56 bits per heavy atom. The molecule has 2 N–H and O–H groups in total. The average Bonchev–Trinajstić information content (AvgIpc) is 2.89. The molecule has 0 aliphatic carbocycles. The lowest BCUT2D eigenvalue weighted by atomic mass is 10.1. The van der Waals surface area contributed by atoms with E-state index in [4.69, 9.17) is 21.4 Å². The first-order chi connectivity index (χ1) is 12.9. The van der Waals surface area contributed by atoms with Crippen molar-refractivity contribution in [1.82, 2.24) is 10.2 Å². The number of carboxylic acids is 1. The Morgan fingerprint density at radius 1 is 1.15 bits per heavy atom. The number of hydrogen-bond acceptors (Lipinski definition) is 4. The van der Waals surface area contributed by atoms with Crippen molar-refractivity contribution in [2.45, 2.75) is 6.61 Å². The third-order valence-corrected chi connectivity index (χ3v) is 4.03. The van der Waals surface area contributed by atoms with Gasteiger partial charge in [0.15, 0.2) is 0 Å². The number of hydrogen-bond donors (Lipinski definition) is 2. The van der Waals surface area contributed by atoms with Crippen molar-refractivity contribution in [2.24, 2.45) is 0 Å². The number of para-hydroxylation sites is 1. The zero-order valence-corrected chi connectivity index (χ0v) is 14.8. The van der Waals surface area contributed by atoms with Gasteiger partial charge in [0.1, 0.15) is 24.6 Å². The highest BCUT2D eigenvalue weighted by Crippen LogP contribution is 2.24. The van der Waals surface area contributed by atoms with Crippen LogP contribution in [0.3, 0.4) is 0 Å². The number of carbonyl (C=O) groups is 3. The summed E-state index contributed by atoms with van der Waals surface area (Å²) < 4.78 is 5.81. The van der Waals surface area contributed by atoms with Crippen molar-refractivity contribution >= 4 is 35.6 Å². The molecular weight excluding hydrogens is 372 g/mol. The molecule has 0 radical (unpaired) electrons. The standard InChI is InChI=1S/C19H15ClN2O5/c20-14-7-5-12(6-8-14)11-27-16-4-2-1-3-13(16)9-15-18(25)22(10-17(23)24)19(26)21-15/h1-9H,10-11H2,(H,21,26)(H,23,24)/b15-9+. The van der Waals surface area contributed by atoms with Crippen LogP contribution in [-0.2, 0) is 16.2 Å². The number of halogens is 1. The largest absolute Gasteiger partial charge is 0.488 e. The molecule has 0 saturated carbocycles. The molecule has 0 bridgehead atoms. The van der Waals surface area contributed by atoms with Gasteiger partial charge in [-0.15, -0.1) is 0 Å². The molecule has 1 fully saturated rings. The Bertz CT molecular complexity index is 924. The number of nitrogens with zero attached hydrogens (tertiary/aromatic N) is 1. The minimum Gasteiger partial charge on any atom is -0.488 e. The quantitative estimate of drug-likeness (QED) is 0.588. The van der Waals surface area contributed by atoms with Gasteiger partial charge in [-0.25, -0.2) is 9.69 Å². The molecule has 138 valence electrons. The normalized spacial score (nSPS) is 15.1. The number of amides is 3. The van der Waals surface area contributed by atoms with Crippen LogP contribution in [0.15, 0.2) is 54.2 Å². The van der Waals surface area contributed by atoms with Gasteiger partial charge in [-0.1, -0.05) is 41.9 Å². The van der Waals surface area contributed by atoms with Gasteiger partial charge in [-0.3, -0.25) is 9.59 Å². The maximum atomic E-state index is 12.2. The van der Waals surface area contributed by atoms with Gasteiger partial charge in [-0.2, -0.15) is 0 Å². The number of nitrogens with one attached hydrogen (secondary N) is 1. The number of urea groups is 1. The Balaban J connectivity index is 1.78. The van der Waals surface area contributed by atoms with Gasteiger partial charge in [0, 0.05) is 10.6 Å². The second kappa shape index (κ2) is 7.92. The molecular formula is C19H15ClN2O5. The van der Waals surface area contributed by atoms with Gasteiger partial charge >= 0.3 is 12.0 Å². The Hall–Kier alpha value is -3.32. The predicted octanol–water partition coefficient (Wildman–Crippen LogP) is 2.90. The zero-order chi connectivity index (χ0) is 19.4. The van der Waals surface area contributed by atoms with Gasteiger partial charge in [0.25, 0.3) is 5.91 Å². The topological polar surface area (TPSA) is 95.9 Å². The molecule has 0 unspecified atom stereocenters. The van der Waals surface area contributed by atoms with Crippen molar-refractivity contribution in [3.8, 4) is 5.75 Å². The fourth-order valence-electron chi connectivity index (χ4n) is 2.48. The fourth-order valence-corrected chi connectivity index (χ4v) is 2.60. The van der Waals surface area contributed by atoms with E-state index in [0.29, 0.717) is 27.8 Å². The fraction of sp³-hybridized carbons (Fsp3) is 0.105. The molecule has 1 heterocycles. The Morgan fingerprint density at radius 2 is 1.85 bits per heavy atom. The van der Waals surface area contributed by atoms with Crippen molar-refractivity contribution in [1.29, 1.82) is 0 Å². The lowest BCUT2D eigenvalue weighted by molar-refractivity contribution is -0.140. The van der Waals surface area contributed by atoms with Crippen LogP contribution in [0.2, 0.25) is 5.02 Å². The maximum Gasteiger partial charge on any atom is 0.329 e. The number of carboxylic acid groups (broad SMARTS) is 1. The summed E-state index contributed by atoms with van der Waals surface area (Å²) in [5, 5.41) is 11.8. The summed E-state index contributed by atoms with van der Waals surface area (Å²) in [5.41, 5.74) is 1.48. The summed E-state index contributed by atoms with van der Waals surface area (Å²) in [5.74, 6) is -1.46. The van der Waals surface area contributed by atoms with E-state index >= 15 is 0 Å². The van der Waals surface area contributed by atoms with E-state index in [1.165, 1.54) is 6.08 Å². The van der Waals surface area contributed by atoms with Crippen LogP contribution >= 0.6 is 11.6 Å². The predicted molar refractivity (Wildman–Crippen MR) is 98.1 cm³/mol. The first kappa shape index (κ1) is 18.5. The van der Waals surface area contributed by atoms with E-state index < -0.39 is 24.5 Å². The molecule has 0 aromatic heterocycles. The second-order valence-electron chi connectivity index (χ2n) is 5.73. The van der Waals surface area contributed by atoms with Crippen LogP contribution in [0.1, 0.15) is 11.1 Å². The number of rotatable bonds is 6. The number of aliphatic carboxylic acids is 1. The van der Waals surface area contributed by atoms with Crippen LogP contribution in [0.4, 0.5) is 4.79 Å². The smallest absolute Gasteiger partial charge is 0.329 e. The Labute approximate surface area is 159 Å². The monoisotopic (exact) mass is 386 g/mol. The molecule has 8 heteroatoms. The SMILES string of the molecule is O=C(O)CN1C(=O)N/C(=C/c2ccccc2OCc2ccc(Cl)cc2)C1=O. The molecule has 2 aromatic rings. The summed E-state index contributed by atoms with van der Waals surface area (Å²) >= 11 is 5.86. The highest BCUT2D eigenvalue weighted by Gasteiger charge is 2.34. The van der Waals surface area contributed by atoms with E-state index in [-0.39, 0.29) is 5.70 Å². The summed E-state index contributed by atoms with van der Waals surface area (Å²) in [6, 6.07) is 13.4. The van der Waals surface area contributed by atoms with Crippen LogP contribution in [0.25, 0.3) is 6.08 Å². The van der Waals surface area contributed by atoms with Crippen LogP contribution < -0.4 is 10.1 Å². The molecule has 3 amide bonds. The molecule has 27 heavy (non-hydrogen) atoms. The minimum absolute atomic E-state index is 0.0104. The van der Waals surface area contributed by atoms with E-state index in [2.05, 4.69) is 5.32 Å². The summed E-state index contributed by atoms with van der Waals surface area (Å²) in [4.78, 5) is 35.4. The number of imide groups is 1. The molecule has 7 nitrogen and oxygen atoms in total. The summed E-state index contributed by atoms with van der Waals surface area (Å²) in [6.45, 7) is -0.403. The molecule has 3 rings (SSSR count). The summed E-state index contributed by atoms with van der Waals surface area (Å²) in [7, 11) is 0. The van der Waals surface area contributed by atoms with Gasteiger partial charge < -0.3 is 15.2 Å². The van der Waals surface area contributed by atoms with Gasteiger partial charge in [-0.05, 0) is 29.8 Å². The molecule has 1 aliphatic heterocycles. The molecule has 0 atom stereocenters. The van der Waals surface area contributed by atoms with Crippen molar-refractivity contribution < 1.29 is 24.2 Å². The van der Waals surface area contributed by atoms with Crippen molar-refractivity contribution in [3.05, 3.63) is 70.4 Å². The summed E-state index contributed by atoms with van der Waals surface area (Å²) in [6.07, 6.45) is 1.46. The van der Waals surface area contributed by atoms with Crippen molar-refractivity contribution in [3.63, 3.8) is 0 Å². The highest BCUT2D eigenvalue weighted by atomic mass is 35.5. The number of ether oxygens (including phenoxy) is 1. The first-order valence-corrected chi connectivity index (χ1v) is 8.34. The molecule has 1 aliphatic rings. The lowest BCUT2D eigenvalue weighted by Crippen LogP contribution is -2.35. The zero-order valence-electron chi connectivity index (χ0n) is 14.0. The molecule has 2 aromatic carbocycles. The van der Waals surface area contributed by atoms with E-state index in [1.807, 2.05) is 12.1 Å². The second-order valence-corrected chi connectivity index (χ2v) is 6.16. The van der Waals surface area contributed by atoms with E-state index in [9.17, 15) is 14.4 Å². The molecule has 0 spiro atoms. The minimum atomic E-state index is -1.27. The van der Waals surface area contributed by atoms with Gasteiger partial charge in [0.05, 0.1) is 0 Å². The van der Waals surface area contributed by atoms with Crippen LogP contribution in [0, 0.1) is 0 Å². The Kier molecular flexibility index (Phi) is 5.42. The van der Waals surface area contributed by atoms with Gasteiger partial charge in [0.2, 0.25) is 0 Å². The first-order valence-electron chi connectivity index (χ1n) is 7.96. The number of benzene rings is 2. The van der Waals surface area contributed by atoms with Crippen molar-refractivity contribution in [2.75, 3.05) is 6.54 Å². The lowest BCUT2D eigenvalue weighted by Gasteiger charge is -2.10. The highest BCUT2D eigenvalue weighted by molar-refractivity contribution is 6.30. The van der Waals surface area contributed by atoms with Crippen LogP contribution in [-0.4, -0.2) is 34.5 Å². The van der Waals surface area contributed by atoms with E-state index in [0.717, 1.165) is 5.56 Å². The van der Waals surface area contributed by atoms with E-state index in [1.54, 1.807) is 36.4 Å². The number of carbonyl (C=O) groups excluding carboxylic acids is 2. The molecule has 1 saturated heterocycles. The maximum absolute atomic E-state index is 12.2. The average molecular weight is 387 g/mol.